The molecule has 1 aromatic carbocycles. The quantitative estimate of drug-likeness (QED) is 0.442. The number of aromatic nitrogens is 3. The number of rotatable bonds is 7. The molecule has 0 radical (unpaired) electrons. The summed E-state index contributed by atoms with van der Waals surface area (Å²) in [5, 5.41) is 14.8. The zero-order chi connectivity index (χ0) is 28.0. The number of aliphatic hydroxyl groups is 1. The first-order chi connectivity index (χ1) is 18.8. The molecule has 1 unspecified atom stereocenters. The number of anilines is 1. The van der Waals surface area contributed by atoms with Crippen LogP contribution in [0.25, 0.3) is 11.1 Å². The number of carbonyl (C=O) groups is 2. The molecule has 1 atom stereocenters. The number of hydrogen-bond donors (Lipinski definition) is 2. The first kappa shape index (κ1) is 28.1. The number of urea groups is 1. The molecule has 1 spiro atoms. The van der Waals surface area contributed by atoms with E-state index >= 15 is 0 Å². The van der Waals surface area contributed by atoms with Crippen LogP contribution in [0.2, 0.25) is 0 Å². The van der Waals surface area contributed by atoms with E-state index in [1.807, 2.05) is 41.3 Å². The minimum Gasteiger partial charge on any atom is -0.497 e. The number of aldehydes is 1. The number of carbonyl (C=O) groups excluding carboxylic acids is 2. The molecular formula is C28H36N6O5. The molecule has 2 aliphatic heterocycles. The molecule has 5 rings (SSSR count). The Morgan fingerprint density at radius 2 is 1.92 bits per heavy atom. The lowest BCUT2D eigenvalue weighted by atomic mass is 9.86. The molecule has 2 aromatic heterocycles. The lowest BCUT2D eigenvalue weighted by Gasteiger charge is -2.42. The Kier molecular flexibility index (Phi) is 8.82. The largest absolute Gasteiger partial charge is 0.497 e. The Morgan fingerprint density at radius 1 is 1.18 bits per heavy atom. The monoisotopic (exact) mass is 536 g/mol. The first-order valence-corrected chi connectivity index (χ1v) is 12.9. The Labute approximate surface area is 228 Å². The lowest BCUT2D eigenvalue weighted by molar-refractivity contribution is -0.114. The maximum atomic E-state index is 13.8. The zero-order valence-electron chi connectivity index (χ0n) is 22.8. The van der Waals surface area contributed by atoms with Crippen molar-refractivity contribution in [3.8, 4) is 22.8 Å². The van der Waals surface area contributed by atoms with E-state index in [4.69, 9.17) is 19.6 Å². The van der Waals surface area contributed by atoms with E-state index in [2.05, 4.69) is 22.1 Å². The van der Waals surface area contributed by atoms with Gasteiger partial charge in [0, 0.05) is 37.0 Å². The highest BCUT2D eigenvalue weighted by Crippen LogP contribution is 2.40. The van der Waals surface area contributed by atoms with Crippen molar-refractivity contribution in [1.82, 2.24) is 25.0 Å². The van der Waals surface area contributed by atoms with E-state index in [1.165, 1.54) is 6.92 Å². The normalized spacial score (nSPS) is 17.5. The molecule has 2 saturated heterocycles. The SMILES string of the molecule is CC(O)C=O.COc1cccc(CN2C(=O)N(c3ccc(-c4cn[nH]c4)c(OC)n3)CC23CCN(C)CC3)c1. The second-order valence-corrected chi connectivity index (χ2v) is 9.92. The molecule has 0 saturated carbocycles. The number of ether oxygens (including phenoxy) is 2. The number of aliphatic hydroxyl groups excluding tert-OH is 1. The Balaban J connectivity index is 0.000000648. The molecule has 0 aliphatic carbocycles. The summed E-state index contributed by atoms with van der Waals surface area (Å²) in [6.45, 7) is 4.44. The molecule has 3 aromatic rings. The smallest absolute Gasteiger partial charge is 0.326 e. The van der Waals surface area contributed by atoms with Crippen LogP contribution in [0.1, 0.15) is 25.3 Å². The maximum absolute atomic E-state index is 13.8. The first-order valence-electron chi connectivity index (χ1n) is 12.9. The van der Waals surface area contributed by atoms with Gasteiger partial charge in [0.25, 0.3) is 0 Å². The fraction of sp³-hybridized carbons (Fsp3) is 0.429. The molecule has 0 bridgehead atoms. The molecule has 2 N–H and O–H groups in total. The van der Waals surface area contributed by atoms with Gasteiger partial charge in [-0.25, -0.2) is 4.79 Å². The number of likely N-dealkylation sites (tertiary alicyclic amines) is 1. The third-order valence-corrected chi connectivity index (χ3v) is 7.20. The van der Waals surface area contributed by atoms with Gasteiger partial charge in [0.1, 0.15) is 24.0 Å². The average Bonchev–Trinajstić information content (AvgIpc) is 3.58. The van der Waals surface area contributed by atoms with Gasteiger partial charge in [-0.3, -0.25) is 10.00 Å². The number of nitrogens with zero attached hydrogens (tertiary/aromatic N) is 5. The highest BCUT2D eigenvalue weighted by Gasteiger charge is 2.51. The topological polar surface area (TPSA) is 124 Å². The third-order valence-electron chi connectivity index (χ3n) is 7.20. The molecule has 208 valence electrons. The van der Waals surface area contributed by atoms with Gasteiger partial charge in [0.05, 0.1) is 32.5 Å². The van der Waals surface area contributed by atoms with Gasteiger partial charge in [-0.15, -0.1) is 0 Å². The van der Waals surface area contributed by atoms with E-state index in [0.717, 1.165) is 48.4 Å². The highest BCUT2D eigenvalue weighted by atomic mass is 16.5. The summed E-state index contributed by atoms with van der Waals surface area (Å²) in [4.78, 5) is 34.0. The number of pyridine rings is 1. The van der Waals surface area contributed by atoms with E-state index in [0.29, 0.717) is 31.1 Å². The van der Waals surface area contributed by atoms with Crippen LogP contribution in [-0.2, 0) is 11.3 Å². The van der Waals surface area contributed by atoms with Crippen molar-refractivity contribution in [3.63, 3.8) is 0 Å². The zero-order valence-corrected chi connectivity index (χ0v) is 22.8. The van der Waals surface area contributed by atoms with Gasteiger partial charge in [0.15, 0.2) is 0 Å². The van der Waals surface area contributed by atoms with E-state index in [9.17, 15) is 9.59 Å². The second-order valence-electron chi connectivity index (χ2n) is 9.92. The fourth-order valence-electron chi connectivity index (χ4n) is 4.98. The molecule has 11 heteroatoms. The number of methoxy groups -OCH3 is 2. The Morgan fingerprint density at radius 3 is 2.54 bits per heavy atom. The fourth-order valence-corrected chi connectivity index (χ4v) is 4.98. The van der Waals surface area contributed by atoms with Gasteiger partial charge in [-0.2, -0.15) is 10.1 Å². The molecule has 11 nitrogen and oxygen atoms in total. The predicted molar refractivity (Wildman–Crippen MR) is 147 cm³/mol. The van der Waals surface area contributed by atoms with E-state index in [1.54, 1.807) is 31.5 Å². The standard InChI is InChI=1S/C25H30N6O3.C3H6O2/c1-29-11-9-25(10-12-29)17-30(24(32)31(25)16-18-5-4-6-20(13-18)33-2)22-8-7-21(23(28-22)34-3)19-14-26-27-15-19;1-3(5)2-4/h4-8,13-15H,9-12,16-17H2,1-3H3,(H,26,27);2-3,5H,1H3. The number of piperidine rings is 1. The van der Waals surface area contributed by atoms with Crippen molar-refractivity contribution in [3.05, 3.63) is 54.4 Å². The summed E-state index contributed by atoms with van der Waals surface area (Å²) >= 11 is 0. The maximum Gasteiger partial charge on any atom is 0.326 e. The van der Waals surface area contributed by atoms with Crippen molar-refractivity contribution in [2.75, 3.05) is 45.8 Å². The van der Waals surface area contributed by atoms with Crippen LogP contribution in [0.5, 0.6) is 11.6 Å². The number of amides is 2. The van der Waals surface area contributed by atoms with Crippen molar-refractivity contribution >= 4 is 18.1 Å². The van der Waals surface area contributed by atoms with Crippen molar-refractivity contribution in [2.24, 2.45) is 0 Å². The number of nitrogens with one attached hydrogen (secondary N) is 1. The summed E-state index contributed by atoms with van der Waals surface area (Å²) in [5.41, 5.74) is 2.52. The van der Waals surface area contributed by atoms with Crippen molar-refractivity contribution in [2.45, 2.75) is 38.0 Å². The minimum atomic E-state index is -0.796. The Bertz CT molecular complexity index is 1260. The summed E-state index contributed by atoms with van der Waals surface area (Å²) in [5.74, 6) is 1.86. The number of H-pyrrole nitrogens is 1. The van der Waals surface area contributed by atoms with Crippen LogP contribution in [-0.4, -0.2) is 94.9 Å². The van der Waals surface area contributed by atoms with Crippen molar-refractivity contribution in [1.29, 1.82) is 0 Å². The van der Waals surface area contributed by atoms with Crippen LogP contribution in [0, 0.1) is 0 Å². The van der Waals surface area contributed by atoms with Crippen LogP contribution in [0.3, 0.4) is 0 Å². The molecule has 4 heterocycles. The van der Waals surface area contributed by atoms with E-state index in [-0.39, 0.29) is 11.6 Å². The second kappa shape index (κ2) is 12.3. The third kappa shape index (κ3) is 6.21. The molecule has 2 amide bonds. The van der Waals surface area contributed by atoms with Crippen LogP contribution < -0.4 is 14.4 Å². The summed E-state index contributed by atoms with van der Waals surface area (Å²) in [6, 6.07) is 11.7. The Hall–Kier alpha value is -3.96. The van der Waals surface area contributed by atoms with Gasteiger partial charge in [0.2, 0.25) is 5.88 Å². The van der Waals surface area contributed by atoms with Crippen LogP contribution in [0.15, 0.2) is 48.8 Å². The van der Waals surface area contributed by atoms with Gasteiger partial charge in [-0.1, -0.05) is 12.1 Å². The summed E-state index contributed by atoms with van der Waals surface area (Å²) in [6.07, 6.45) is 5.03. The summed E-state index contributed by atoms with van der Waals surface area (Å²) in [7, 11) is 5.39. The van der Waals surface area contributed by atoms with Crippen LogP contribution >= 0.6 is 0 Å². The molecular weight excluding hydrogens is 500 g/mol. The average molecular weight is 537 g/mol. The van der Waals surface area contributed by atoms with E-state index < -0.39 is 6.10 Å². The number of hydrogen-bond acceptors (Lipinski definition) is 8. The predicted octanol–water partition coefficient (Wildman–Crippen LogP) is 2.96. The lowest BCUT2D eigenvalue weighted by Crippen LogP contribution is -2.53. The van der Waals surface area contributed by atoms with Gasteiger partial charge < -0.3 is 29.2 Å². The van der Waals surface area contributed by atoms with Gasteiger partial charge >= 0.3 is 6.03 Å². The minimum absolute atomic E-state index is 0.0296. The molecule has 2 aliphatic rings. The summed E-state index contributed by atoms with van der Waals surface area (Å²) < 4.78 is 11.0. The molecule has 2 fully saturated rings. The number of benzene rings is 1. The van der Waals surface area contributed by atoms with Crippen molar-refractivity contribution < 1.29 is 24.2 Å². The van der Waals surface area contributed by atoms with Gasteiger partial charge in [-0.05, 0) is 56.6 Å². The highest BCUT2D eigenvalue weighted by molar-refractivity contribution is 5.95. The molecule has 39 heavy (non-hydrogen) atoms. The van der Waals surface area contributed by atoms with Crippen LogP contribution in [0.4, 0.5) is 10.6 Å². The number of aromatic amines is 1.